The van der Waals surface area contributed by atoms with Crippen molar-refractivity contribution >= 4 is 5.78 Å². The highest BCUT2D eigenvalue weighted by atomic mass is 19.1. The molecule has 4 nitrogen and oxygen atoms in total. The number of Topliss-reactive ketones (excluding diaryl/α,β-unsaturated/α-hetero) is 1. The number of hydrogen-bond donors (Lipinski definition) is 1. The summed E-state index contributed by atoms with van der Waals surface area (Å²) >= 11 is 0. The largest absolute Gasteiger partial charge is 0.493 e. The monoisotopic (exact) mass is 227 g/mol. The Morgan fingerprint density at radius 2 is 2.06 bits per heavy atom. The van der Waals surface area contributed by atoms with Crippen LogP contribution < -0.4 is 15.2 Å². The van der Waals surface area contributed by atoms with E-state index in [9.17, 15) is 9.18 Å². The number of ether oxygens (including phenoxy) is 2. The first-order valence-electron chi connectivity index (χ1n) is 4.79. The minimum atomic E-state index is -0.629. The van der Waals surface area contributed by atoms with Gasteiger partial charge in [0.2, 0.25) is 0 Å². The Morgan fingerprint density at radius 3 is 2.56 bits per heavy atom. The third kappa shape index (κ3) is 2.30. The number of methoxy groups -OCH3 is 2. The number of rotatable bonds is 5. The fraction of sp³-hybridized carbons (Fsp3) is 0.364. The van der Waals surface area contributed by atoms with Crippen molar-refractivity contribution in [3.05, 3.63) is 23.5 Å². The van der Waals surface area contributed by atoms with Crippen LogP contribution in [0.25, 0.3) is 0 Å². The molecule has 16 heavy (non-hydrogen) atoms. The fourth-order valence-electron chi connectivity index (χ4n) is 1.42. The molecular weight excluding hydrogens is 213 g/mol. The molecule has 0 amide bonds. The number of carbonyl (C=O) groups is 1. The maximum absolute atomic E-state index is 13.5. The third-order valence-electron chi connectivity index (χ3n) is 2.14. The molecule has 0 aliphatic heterocycles. The van der Waals surface area contributed by atoms with E-state index in [1.165, 1.54) is 26.4 Å². The van der Waals surface area contributed by atoms with Crippen LogP contribution in [0.1, 0.15) is 16.8 Å². The maximum Gasteiger partial charge on any atom is 0.174 e. The van der Waals surface area contributed by atoms with E-state index in [0.717, 1.165) is 0 Å². The average molecular weight is 227 g/mol. The van der Waals surface area contributed by atoms with Gasteiger partial charge in [-0.1, -0.05) is 0 Å². The smallest absolute Gasteiger partial charge is 0.174 e. The molecule has 1 rings (SSSR count). The van der Waals surface area contributed by atoms with E-state index in [2.05, 4.69) is 0 Å². The first kappa shape index (κ1) is 12.4. The lowest BCUT2D eigenvalue weighted by atomic mass is 10.1. The lowest BCUT2D eigenvalue weighted by Gasteiger charge is -2.12. The summed E-state index contributed by atoms with van der Waals surface area (Å²) in [6.07, 6.45) is 0.0699. The van der Waals surface area contributed by atoms with Crippen molar-refractivity contribution in [2.45, 2.75) is 6.42 Å². The van der Waals surface area contributed by atoms with E-state index < -0.39 is 11.6 Å². The van der Waals surface area contributed by atoms with E-state index >= 15 is 0 Å². The molecule has 1 aromatic carbocycles. The SMILES string of the molecule is COc1ccc(F)c(C(=O)CCN)c1OC. The van der Waals surface area contributed by atoms with Crippen LogP contribution >= 0.6 is 0 Å². The lowest BCUT2D eigenvalue weighted by Crippen LogP contribution is -2.11. The average Bonchev–Trinajstić information content (AvgIpc) is 2.28. The molecule has 0 heterocycles. The van der Waals surface area contributed by atoms with Crippen LogP contribution in [-0.4, -0.2) is 26.5 Å². The molecule has 1 aromatic rings. The quantitative estimate of drug-likeness (QED) is 0.772. The zero-order valence-electron chi connectivity index (χ0n) is 9.25. The molecule has 0 saturated heterocycles. The summed E-state index contributed by atoms with van der Waals surface area (Å²) in [4.78, 5) is 11.7. The summed E-state index contributed by atoms with van der Waals surface area (Å²) in [6.45, 7) is 0.165. The number of nitrogens with two attached hydrogens (primary N) is 1. The molecule has 2 N–H and O–H groups in total. The second kappa shape index (κ2) is 5.46. The predicted molar refractivity (Wildman–Crippen MR) is 57.5 cm³/mol. The summed E-state index contributed by atoms with van der Waals surface area (Å²) < 4.78 is 23.5. The predicted octanol–water partition coefficient (Wildman–Crippen LogP) is 1.37. The van der Waals surface area contributed by atoms with E-state index in [-0.39, 0.29) is 24.3 Å². The minimum Gasteiger partial charge on any atom is -0.493 e. The Balaban J connectivity index is 3.28. The Morgan fingerprint density at radius 1 is 1.38 bits per heavy atom. The first-order valence-corrected chi connectivity index (χ1v) is 4.79. The summed E-state index contributed by atoms with van der Waals surface area (Å²) in [7, 11) is 2.78. The van der Waals surface area contributed by atoms with Crippen molar-refractivity contribution < 1.29 is 18.7 Å². The van der Waals surface area contributed by atoms with Crippen LogP contribution in [0.3, 0.4) is 0 Å². The van der Waals surface area contributed by atoms with Gasteiger partial charge in [0.05, 0.1) is 19.8 Å². The second-order valence-electron chi connectivity index (χ2n) is 3.12. The van der Waals surface area contributed by atoms with Crippen molar-refractivity contribution in [2.24, 2.45) is 5.73 Å². The van der Waals surface area contributed by atoms with E-state index in [1.807, 2.05) is 0 Å². The van der Waals surface area contributed by atoms with Gasteiger partial charge in [0, 0.05) is 6.42 Å². The summed E-state index contributed by atoms with van der Waals surface area (Å²) in [5.74, 6) is -0.586. The van der Waals surface area contributed by atoms with E-state index in [0.29, 0.717) is 5.75 Å². The molecule has 0 spiro atoms. The molecule has 0 aromatic heterocycles. The van der Waals surface area contributed by atoms with E-state index in [4.69, 9.17) is 15.2 Å². The normalized spacial score (nSPS) is 10.0. The highest BCUT2D eigenvalue weighted by Crippen LogP contribution is 2.33. The van der Waals surface area contributed by atoms with Crippen molar-refractivity contribution in [1.29, 1.82) is 0 Å². The Labute approximate surface area is 93.2 Å². The zero-order chi connectivity index (χ0) is 12.1. The molecule has 0 saturated carbocycles. The molecular formula is C11H14FNO3. The third-order valence-corrected chi connectivity index (χ3v) is 2.14. The van der Waals surface area contributed by atoms with Gasteiger partial charge in [0.25, 0.3) is 0 Å². The molecule has 88 valence electrons. The topological polar surface area (TPSA) is 61.5 Å². The van der Waals surface area contributed by atoms with Crippen LogP contribution in [0.4, 0.5) is 4.39 Å². The molecule has 0 radical (unpaired) electrons. The minimum absolute atomic E-state index is 0.0699. The van der Waals surface area contributed by atoms with Crippen molar-refractivity contribution in [1.82, 2.24) is 0 Å². The lowest BCUT2D eigenvalue weighted by molar-refractivity contribution is 0.0977. The van der Waals surface area contributed by atoms with Gasteiger partial charge in [0.15, 0.2) is 17.3 Å². The van der Waals surface area contributed by atoms with Gasteiger partial charge in [-0.2, -0.15) is 0 Å². The summed E-state index contributed by atoms with van der Waals surface area (Å²) in [5, 5.41) is 0. The number of carbonyl (C=O) groups excluding carboxylic acids is 1. The van der Waals surface area contributed by atoms with Crippen molar-refractivity contribution in [3.8, 4) is 11.5 Å². The van der Waals surface area contributed by atoms with Gasteiger partial charge in [-0.15, -0.1) is 0 Å². The summed E-state index contributed by atoms with van der Waals surface area (Å²) in [5.41, 5.74) is 5.16. The second-order valence-corrected chi connectivity index (χ2v) is 3.12. The van der Waals surface area contributed by atoms with Gasteiger partial charge in [-0.3, -0.25) is 4.79 Å². The van der Waals surface area contributed by atoms with E-state index in [1.54, 1.807) is 0 Å². The zero-order valence-corrected chi connectivity index (χ0v) is 9.25. The van der Waals surface area contributed by atoms with Gasteiger partial charge in [-0.05, 0) is 18.7 Å². The number of hydrogen-bond acceptors (Lipinski definition) is 4. The van der Waals surface area contributed by atoms with Gasteiger partial charge >= 0.3 is 0 Å². The number of halogens is 1. The van der Waals surface area contributed by atoms with Crippen molar-refractivity contribution in [3.63, 3.8) is 0 Å². The first-order chi connectivity index (χ1) is 7.65. The van der Waals surface area contributed by atoms with Gasteiger partial charge in [0.1, 0.15) is 5.82 Å². The van der Waals surface area contributed by atoms with Crippen LogP contribution in [0.5, 0.6) is 11.5 Å². The molecule has 0 unspecified atom stereocenters. The number of benzene rings is 1. The van der Waals surface area contributed by atoms with Crippen LogP contribution in [-0.2, 0) is 0 Å². The number of ketones is 1. The maximum atomic E-state index is 13.5. The van der Waals surface area contributed by atoms with Crippen LogP contribution in [0.2, 0.25) is 0 Å². The Hall–Kier alpha value is -1.62. The highest BCUT2D eigenvalue weighted by Gasteiger charge is 2.20. The molecule has 0 aliphatic carbocycles. The standard InChI is InChI=1S/C11H14FNO3/c1-15-9-4-3-7(12)10(11(9)16-2)8(14)5-6-13/h3-4H,5-6,13H2,1-2H3. The van der Waals surface area contributed by atoms with Crippen LogP contribution in [0, 0.1) is 5.82 Å². The molecule has 0 bridgehead atoms. The molecule has 0 aliphatic rings. The molecule has 0 atom stereocenters. The Kier molecular flexibility index (Phi) is 4.25. The van der Waals surface area contributed by atoms with Crippen LogP contribution in [0.15, 0.2) is 12.1 Å². The summed E-state index contributed by atoms with van der Waals surface area (Å²) in [6, 6.07) is 2.58. The van der Waals surface area contributed by atoms with Gasteiger partial charge in [-0.25, -0.2) is 4.39 Å². The highest BCUT2D eigenvalue weighted by molar-refractivity contribution is 5.99. The molecule has 5 heteroatoms. The van der Waals surface area contributed by atoms with Crippen molar-refractivity contribution in [2.75, 3.05) is 20.8 Å². The Bertz CT molecular complexity index is 393. The van der Waals surface area contributed by atoms with Gasteiger partial charge < -0.3 is 15.2 Å². The molecule has 0 fully saturated rings. The fourth-order valence-corrected chi connectivity index (χ4v) is 1.42.